The molecule has 0 aliphatic rings. The fraction of sp³-hybridized carbons (Fsp3) is 0. The van der Waals surface area contributed by atoms with E-state index in [2.05, 4.69) is 205 Å². The zero-order chi connectivity index (χ0) is 29.6. The summed E-state index contributed by atoms with van der Waals surface area (Å²) >= 11 is 0. The van der Waals surface area contributed by atoms with E-state index in [1.807, 2.05) is 0 Å². The van der Waals surface area contributed by atoms with Crippen molar-refractivity contribution in [3.05, 3.63) is 200 Å². The van der Waals surface area contributed by atoms with E-state index >= 15 is 0 Å². The van der Waals surface area contributed by atoms with Crippen LogP contribution in [-0.4, -0.2) is 8.07 Å². The summed E-state index contributed by atoms with van der Waals surface area (Å²) in [4.78, 5) is 2.33. The largest absolute Gasteiger partial charge is 0.311 e. The van der Waals surface area contributed by atoms with Crippen molar-refractivity contribution in [1.29, 1.82) is 0 Å². The van der Waals surface area contributed by atoms with Gasteiger partial charge in [-0.05, 0) is 68.3 Å². The van der Waals surface area contributed by atoms with E-state index in [-0.39, 0.29) is 0 Å². The maximum Gasteiger partial charge on any atom is 0.179 e. The van der Waals surface area contributed by atoms with E-state index < -0.39 is 8.07 Å². The summed E-state index contributed by atoms with van der Waals surface area (Å²) in [6.45, 7) is 0. The summed E-state index contributed by atoms with van der Waals surface area (Å²) in [6.07, 6.45) is 0. The third kappa shape index (κ3) is 5.17. The van der Waals surface area contributed by atoms with E-state index in [0.717, 1.165) is 17.1 Å². The van der Waals surface area contributed by atoms with Gasteiger partial charge in [-0.15, -0.1) is 0 Å². The lowest BCUT2D eigenvalue weighted by Gasteiger charge is -2.35. The van der Waals surface area contributed by atoms with Crippen LogP contribution in [0.2, 0.25) is 0 Å². The first-order valence-corrected chi connectivity index (χ1v) is 17.1. The van der Waals surface area contributed by atoms with Crippen LogP contribution in [0.1, 0.15) is 0 Å². The molecule has 0 heterocycles. The molecule has 0 aliphatic heterocycles. The minimum absolute atomic E-state index is 1.13. The highest BCUT2D eigenvalue weighted by Gasteiger charge is 2.41. The lowest BCUT2D eigenvalue weighted by atomic mass is 10.1. The van der Waals surface area contributed by atoms with Gasteiger partial charge in [-0.25, -0.2) is 0 Å². The molecular formula is C42H33NSi. The highest BCUT2D eigenvalue weighted by molar-refractivity contribution is 7.19. The second kappa shape index (κ2) is 12.4. The molecule has 0 bridgehead atoms. The molecule has 210 valence electrons. The van der Waals surface area contributed by atoms with Crippen LogP contribution >= 0.6 is 0 Å². The van der Waals surface area contributed by atoms with Gasteiger partial charge in [0.05, 0.1) is 0 Å². The molecule has 0 unspecified atom stereocenters. The standard InChI is InChI=1S/C42H33NSi/c1-6-16-34(17-7-1)35-26-30-41(31-27-35)44(39-22-12-4-13-23-39,40-24-14-5-15-25-40)42-32-28-38(29-33-42)43(36-18-8-2-9-19-36)37-20-10-3-11-21-37/h1-33H. The fourth-order valence-electron chi connectivity index (χ4n) is 6.38. The van der Waals surface area contributed by atoms with E-state index in [0.29, 0.717) is 0 Å². The van der Waals surface area contributed by atoms with Crippen LogP contribution in [0.4, 0.5) is 17.1 Å². The van der Waals surface area contributed by atoms with Crippen molar-refractivity contribution in [2.45, 2.75) is 0 Å². The quantitative estimate of drug-likeness (QED) is 0.130. The molecule has 0 spiro atoms. The van der Waals surface area contributed by atoms with Gasteiger partial charge in [0.1, 0.15) is 0 Å². The van der Waals surface area contributed by atoms with Gasteiger partial charge in [-0.2, -0.15) is 0 Å². The number of para-hydroxylation sites is 2. The Morgan fingerprint density at radius 1 is 0.250 bits per heavy atom. The van der Waals surface area contributed by atoms with Crippen molar-refractivity contribution in [2.75, 3.05) is 4.90 Å². The highest BCUT2D eigenvalue weighted by Crippen LogP contribution is 2.33. The summed E-state index contributed by atoms with van der Waals surface area (Å²) in [6, 6.07) is 72.7. The third-order valence-corrected chi connectivity index (χ3v) is 13.2. The van der Waals surface area contributed by atoms with Crippen LogP contribution < -0.4 is 25.6 Å². The lowest BCUT2D eigenvalue weighted by Crippen LogP contribution is -2.74. The molecular weight excluding hydrogens is 547 g/mol. The van der Waals surface area contributed by atoms with Crippen molar-refractivity contribution >= 4 is 45.9 Å². The maximum atomic E-state index is 2.37. The minimum atomic E-state index is -2.66. The van der Waals surface area contributed by atoms with Crippen LogP contribution in [0, 0.1) is 0 Å². The van der Waals surface area contributed by atoms with Crippen LogP contribution in [0.25, 0.3) is 11.1 Å². The molecule has 7 aromatic carbocycles. The molecule has 0 radical (unpaired) electrons. The average molecular weight is 580 g/mol. The first-order chi connectivity index (χ1) is 21.8. The smallest absolute Gasteiger partial charge is 0.179 e. The molecule has 0 aliphatic carbocycles. The number of benzene rings is 7. The van der Waals surface area contributed by atoms with Gasteiger partial charge < -0.3 is 4.90 Å². The number of hydrogen-bond acceptors (Lipinski definition) is 1. The number of hydrogen-bond donors (Lipinski definition) is 0. The first-order valence-electron chi connectivity index (χ1n) is 15.1. The van der Waals surface area contributed by atoms with E-state index in [9.17, 15) is 0 Å². The molecule has 0 N–H and O–H groups in total. The van der Waals surface area contributed by atoms with Gasteiger partial charge in [-0.1, -0.05) is 164 Å². The minimum Gasteiger partial charge on any atom is -0.311 e. The maximum absolute atomic E-state index is 2.66. The molecule has 44 heavy (non-hydrogen) atoms. The number of anilines is 3. The number of rotatable bonds is 8. The van der Waals surface area contributed by atoms with E-state index in [1.54, 1.807) is 0 Å². The summed E-state index contributed by atoms with van der Waals surface area (Å²) in [5.74, 6) is 0. The molecule has 0 aromatic heterocycles. The predicted octanol–water partition coefficient (Wildman–Crippen LogP) is 8.20. The second-order valence-electron chi connectivity index (χ2n) is 11.0. The van der Waals surface area contributed by atoms with Gasteiger partial charge in [0.15, 0.2) is 8.07 Å². The Morgan fingerprint density at radius 3 is 0.977 bits per heavy atom. The zero-order valence-corrected chi connectivity index (χ0v) is 25.5. The molecule has 0 amide bonds. The molecule has 7 aromatic rings. The predicted molar refractivity (Wildman–Crippen MR) is 190 cm³/mol. The monoisotopic (exact) mass is 579 g/mol. The van der Waals surface area contributed by atoms with Crippen molar-refractivity contribution in [3.63, 3.8) is 0 Å². The van der Waals surface area contributed by atoms with Gasteiger partial charge in [0.25, 0.3) is 0 Å². The van der Waals surface area contributed by atoms with Crippen LogP contribution in [-0.2, 0) is 0 Å². The third-order valence-electron chi connectivity index (χ3n) is 8.43. The normalized spacial score (nSPS) is 11.2. The van der Waals surface area contributed by atoms with E-state index in [4.69, 9.17) is 0 Å². The fourth-order valence-corrected chi connectivity index (χ4v) is 11.1. The van der Waals surface area contributed by atoms with Crippen LogP contribution in [0.3, 0.4) is 0 Å². The topological polar surface area (TPSA) is 3.24 Å². The van der Waals surface area contributed by atoms with Crippen molar-refractivity contribution in [1.82, 2.24) is 0 Å². The molecule has 0 fully saturated rings. The Kier molecular flexibility index (Phi) is 7.74. The van der Waals surface area contributed by atoms with Crippen molar-refractivity contribution in [3.8, 4) is 11.1 Å². The van der Waals surface area contributed by atoms with Gasteiger partial charge in [-0.3, -0.25) is 0 Å². The summed E-state index contributed by atoms with van der Waals surface area (Å²) < 4.78 is 0. The number of nitrogens with zero attached hydrogens (tertiary/aromatic N) is 1. The van der Waals surface area contributed by atoms with Gasteiger partial charge in [0.2, 0.25) is 0 Å². The average Bonchev–Trinajstić information content (AvgIpc) is 3.12. The molecule has 1 nitrogen and oxygen atoms in total. The highest BCUT2D eigenvalue weighted by atomic mass is 28.3. The van der Waals surface area contributed by atoms with Crippen LogP contribution in [0.15, 0.2) is 200 Å². The van der Waals surface area contributed by atoms with Gasteiger partial charge in [0, 0.05) is 17.1 Å². The molecule has 0 saturated heterocycles. The van der Waals surface area contributed by atoms with Crippen molar-refractivity contribution < 1.29 is 0 Å². The van der Waals surface area contributed by atoms with Gasteiger partial charge >= 0.3 is 0 Å². The first kappa shape index (κ1) is 27.4. The Morgan fingerprint density at radius 2 is 0.545 bits per heavy atom. The van der Waals surface area contributed by atoms with Crippen LogP contribution in [0.5, 0.6) is 0 Å². The zero-order valence-electron chi connectivity index (χ0n) is 24.5. The summed E-state index contributed by atoms with van der Waals surface area (Å²) in [5, 5.41) is 5.46. The molecule has 2 heteroatoms. The Labute approximate surface area is 261 Å². The molecule has 7 rings (SSSR count). The SMILES string of the molecule is c1ccc(-c2ccc([Si](c3ccccc3)(c3ccccc3)c3ccc(N(c4ccccc4)c4ccccc4)cc3)cc2)cc1. The molecule has 0 atom stereocenters. The summed E-state index contributed by atoms with van der Waals surface area (Å²) in [5.41, 5.74) is 5.87. The second-order valence-corrected chi connectivity index (χ2v) is 14.8. The molecule has 0 saturated carbocycles. The Hall–Kier alpha value is -5.44. The lowest BCUT2D eigenvalue weighted by molar-refractivity contribution is 1.28. The Balaban J connectivity index is 1.42. The van der Waals surface area contributed by atoms with Crippen molar-refractivity contribution in [2.24, 2.45) is 0 Å². The summed E-state index contributed by atoms with van der Waals surface area (Å²) in [7, 11) is -2.66. The van der Waals surface area contributed by atoms with E-state index in [1.165, 1.54) is 31.9 Å². The Bertz CT molecular complexity index is 1830.